The van der Waals surface area contributed by atoms with Crippen LogP contribution < -0.4 is 10.9 Å². The molecule has 1 aromatic rings. The van der Waals surface area contributed by atoms with E-state index in [4.69, 9.17) is 5.11 Å². The Bertz CT molecular complexity index is 590. The number of nitrogens with zero attached hydrogens (tertiary/aromatic N) is 1. The first-order valence-corrected chi connectivity index (χ1v) is 7.45. The van der Waals surface area contributed by atoms with E-state index >= 15 is 0 Å². The summed E-state index contributed by atoms with van der Waals surface area (Å²) in [6.45, 7) is 5.60. The van der Waals surface area contributed by atoms with E-state index < -0.39 is 11.5 Å². The number of aromatic nitrogens is 1. The highest BCUT2D eigenvalue weighted by molar-refractivity contribution is 5.83. The second kappa shape index (κ2) is 7.77. The topological polar surface area (TPSA) is 88.4 Å². The van der Waals surface area contributed by atoms with Gasteiger partial charge in [0.25, 0.3) is 5.56 Å². The molecule has 6 heteroatoms. The van der Waals surface area contributed by atoms with Gasteiger partial charge in [-0.3, -0.25) is 14.4 Å². The molecule has 0 aliphatic carbocycles. The molecule has 0 aliphatic heterocycles. The third kappa shape index (κ3) is 4.72. The van der Waals surface area contributed by atoms with Crippen LogP contribution in [0.2, 0.25) is 0 Å². The van der Waals surface area contributed by atoms with Gasteiger partial charge in [-0.15, -0.1) is 0 Å². The number of nitrogens with one attached hydrogen (secondary N) is 1. The number of carboxylic acids is 1. The number of pyridine rings is 1. The average molecular weight is 308 g/mol. The number of hydrogen-bond acceptors (Lipinski definition) is 3. The highest BCUT2D eigenvalue weighted by atomic mass is 16.4. The molecule has 0 bridgehead atoms. The van der Waals surface area contributed by atoms with Crippen LogP contribution in [0.1, 0.15) is 45.1 Å². The Labute approximate surface area is 130 Å². The quantitative estimate of drug-likeness (QED) is 0.715. The second-order valence-corrected chi connectivity index (χ2v) is 5.89. The minimum absolute atomic E-state index is 0.151. The van der Waals surface area contributed by atoms with Crippen LogP contribution in [0.5, 0.6) is 0 Å². The van der Waals surface area contributed by atoms with Crippen molar-refractivity contribution in [1.82, 2.24) is 9.88 Å². The summed E-state index contributed by atoms with van der Waals surface area (Å²) in [5.41, 5.74) is -0.550. The lowest BCUT2D eigenvalue weighted by Gasteiger charge is -2.26. The smallest absolute Gasteiger partial charge is 0.303 e. The Morgan fingerprint density at radius 1 is 1.27 bits per heavy atom. The van der Waals surface area contributed by atoms with Crippen LogP contribution in [0.15, 0.2) is 23.1 Å². The first-order valence-electron chi connectivity index (χ1n) is 7.45. The average Bonchev–Trinajstić information content (AvgIpc) is 2.44. The summed E-state index contributed by atoms with van der Waals surface area (Å²) >= 11 is 0. The van der Waals surface area contributed by atoms with Gasteiger partial charge in [0.2, 0.25) is 5.91 Å². The Kier molecular flexibility index (Phi) is 6.34. The summed E-state index contributed by atoms with van der Waals surface area (Å²) in [6.07, 6.45) is 3.83. The Hall–Kier alpha value is -2.11. The van der Waals surface area contributed by atoms with E-state index in [9.17, 15) is 14.4 Å². The minimum atomic E-state index is -0.968. The van der Waals surface area contributed by atoms with Gasteiger partial charge in [-0.1, -0.05) is 12.5 Å². The number of aryl methyl sites for hydroxylation is 1. The molecule has 0 spiro atoms. The number of amides is 1. The molecule has 122 valence electrons. The molecule has 22 heavy (non-hydrogen) atoms. The number of rotatable bonds is 8. The molecule has 0 radical (unpaired) electrons. The lowest BCUT2D eigenvalue weighted by Crippen LogP contribution is -2.49. The van der Waals surface area contributed by atoms with E-state index in [0.717, 1.165) is 12.8 Å². The Morgan fingerprint density at radius 2 is 1.95 bits per heavy atom. The molecule has 0 fully saturated rings. The third-order valence-electron chi connectivity index (χ3n) is 3.65. The summed E-state index contributed by atoms with van der Waals surface area (Å²) in [4.78, 5) is 34.8. The number of hydrogen-bond donors (Lipinski definition) is 2. The third-order valence-corrected chi connectivity index (χ3v) is 3.65. The van der Waals surface area contributed by atoms with Gasteiger partial charge in [0.1, 0.15) is 5.54 Å². The van der Waals surface area contributed by atoms with E-state index in [1.807, 2.05) is 0 Å². The molecule has 1 amide bonds. The zero-order valence-corrected chi connectivity index (χ0v) is 13.4. The Morgan fingerprint density at radius 3 is 2.59 bits per heavy atom. The van der Waals surface area contributed by atoms with Gasteiger partial charge < -0.3 is 15.0 Å². The van der Waals surface area contributed by atoms with Gasteiger partial charge in [0.05, 0.1) is 0 Å². The number of carbonyl (C=O) groups is 2. The predicted octanol–water partition coefficient (Wildman–Crippen LogP) is 1.65. The van der Waals surface area contributed by atoms with Crippen LogP contribution in [-0.2, 0) is 15.1 Å². The number of unbranched alkanes of at least 4 members (excludes halogenated alkanes) is 2. The molecule has 0 saturated heterocycles. The SMILES string of the molecule is Cc1cccn(C(C)(C)C(=O)NCCCCCC(=O)O)c1=O. The van der Waals surface area contributed by atoms with E-state index in [1.165, 1.54) is 4.57 Å². The van der Waals surface area contributed by atoms with Crippen molar-refractivity contribution in [2.24, 2.45) is 0 Å². The normalized spacial score (nSPS) is 11.2. The van der Waals surface area contributed by atoms with Crippen molar-refractivity contribution in [3.8, 4) is 0 Å². The fourth-order valence-corrected chi connectivity index (χ4v) is 2.15. The van der Waals surface area contributed by atoms with Crippen molar-refractivity contribution in [2.75, 3.05) is 6.54 Å². The molecule has 0 aliphatic rings. The fourth-order valence-electron chi connectivity index (χ4n) is 2.15. The predicted molar refractivity (Wildman–Crippen MR) is 83.9 cm³/mol. The van der Waals surface area contributed by atoms with Gasteiger partial charge in [0, 0.05) is 24.7 Å². The number of carboxylic acid groups (broad SMARTS) is 1. The lowest BCUT2D eigenvalue weighted by molar-refractivity contribution is -0.137. The van der Waals surface area contributed by atoms with Gasteiger partial charge >= 0.3 is 5.97 Å². The number of aliphatic carboxylic acids is 1. The monoisotopic (exact) mass is 308 g/mol. The maximum Gasteiger partial charge on any atom is 0.303 e. The molecule has 0 aromatic carbocycles. The number of carbonyl (C=O) groups excluding carboxylic acids is 1. The Balaban J connectivity index is 2.55. The van der Waals surface area contributed by atoms with Crippen molar-refractivity contribution < 1.29 is 14.7 Å². The molecule has 0 unspecified atom stereocenters. The highest BCUT2D eigenvalue weighted by Crippen LogP contribution is 2.13. The molecule has 0 atom stereocenters. The zero-order chi connectivity index (χ0) is 16.8. The van der Waals surface area contributed by atoms with Crippen molar-refractivity contribution in [1.29, 1.82) is 0 Å². The summed E-state index contributed by atoms with van der Waals surface area (Å²) < 4.78 is 1.43. The molecule has 1 heterocycles. The van der Waals surface area contributed by atoms with E-state index in [-0.39, 0.29) is 17.9 Å². The van der Waals surface area contributed by atoms with Crippen molar-refractivity contribution in [3.05, 3.63) is 34.2 Å². The van der Waals surface area contributed by atoms with E-state index in [1.54, 1.807) is 39.1 Å². The van der Waals surface area contributed by atoms with Crippen LogP contribution >= 0.6 is 0 Å². The summed E-state index contributed by atoms with van der Waals surface area (Å²) in [7, 11) is 0. The maximum absolute atomic E-state index is 12.3. The van der Waals surface area contributed by atoms with Crippen LogP contribution in [-0.4, -0.2) is 28.1 Å². The van der Waals surface area contributed by atoms with E-state index in [0.29, 0.717) is 18.5 Å². The molecular weight excluding hydrogens is 284 g/mol. The van der Waals surface area contributed by atoms with Crippen molar-refractivity contribution in [2.45, 2.75) is 52.0 Å². The van der Waals surface area contributed by atoms with Gasteiger partial charge in [-0.05, 0) is 39.7 Å². The molecule has 1 rings (SSSR count). The molecule has 0 saturated carbocycles. The van der Waals surface area contributed by atoms with Crippen LogP contribution in [0.3, 0.4) is 0 Å². The molecule has 1 aromatic heterocycles. The molecular formula is C16H24N2O4. The second-order valence-electron chi connectivity index (χ2n) is 5.89. The van der Waals surface area contributed by atoms with Crippen LogP contribution in [0.25, 0.3) is 0 Å². The van der Waals surface area contributed by atoms with Crippen LogP contribution in [0, 0.1) is 6.92 Å². The fraction of sp³-hybridized carbons (Fsp3) is 0.562. The van der Waals surface area contributed by atoms with Crippen LogP contribution in [0.4, 0.5) is 0 Å². The van der Waals surface area contributed by atoms with Gasteiger partial charge in [-0.2, -0.15) is 0 Å². The zero-order valence-electron chi connectivity index (χ0n) is 13.4. The minimum Gasteiger partial charge on any atom is -0.481 e. The standard InChI is InChI=1S/C16H24N2O4/c1-12-8-7-11-18(14(12)21)16(2,3)15(22)17-10-6-4-5-9-13(19)20/h7-8,11H,4-6,9-10H2,1-3H3,(H,17,22)(H,19,20). The maximum atomic E-state index is 12.3. The summed E-state index contributed by atoms with van der Waals surface area (Å²) in [6, 6.07) is 3.47. The summed E-state index contributed by atoms with van der Waals surface area (Å²) in [5, 5.41) is 11.3. The highest BCUT2D eigenvalue weighted by Gasteiger charge is 2.30. The van der Waals surface area contributed by atoms with E-state index in [2.05, 4.69) is 5.32 Å². The molecule has 2 N–H and O–H groups in total. The first-order chi connectivity index (χ1) is 10.3. The van der Waals surface area contributed by atoms with Crippen molar-refractivity contribution >= 4 is 11.9 Å². The van der Waals surface area contributed by atoms with Gasteiger partial charge in [0.15, 0.2) is 0 Å². The first kappa shape index (κ1) is 17.9. The largest absolute Gasteiger partial charge is 0.481 e. The molecule has 6 nitrogen and oxygen atoms in total. The summed E-state index contributed by atoms with van der Waals surface area (Å²) in [5.74, 6) is -1.03. The lowest BCUT2D eigenvalue weighted by atomic mass is 10.0. The van der Waals surface area contributed by atoms with Gasteiger partial charge in [-0.25, -0.2) is 0 Å². The van der Waals surface area contributed by atoms with Crippen molar-refractivity contribution in [3.63, 3.8) is 0 Å².